The van der Waals surface area contributed by atoms with E-state index >= 15 is 0 Å². The number of imidazole rings is 1. The molecule has 0 radical (unpaired) electrons. The van der Waals surface area contributed by atoms with Crippen molar-refractivity contribution in [2.45, 2.75) is 13.5 Å². The van der Waals surface area contributed by atoms with E-state index in [1.54, 1.807) is 0 Å². The summed E-state index contributed by atoms with van der Waals surface area (Å²) in [6.45, 7) is 2.30. The van der Waals surface area contributed by atoms with E-state index in [1.807, 2.05) is 35.7 Å². The Morgan fingerprint density at radius 2 is 2.05 bits per heavy atom. The minimum Gasteiger partial charge on any atom is -0.377 e. The zero-order valence-corrected chi connectivity index (χ0v) is 12.8. The molecule has 2 heterocycles. The van der Waals surface area contributed by atoms with Crippen molar-refractivity contribution in [3.63, 3.8) is 0 Å². The monoisotopic (exact) mass is 351 g/mol. The van der Waals surface area contributed by atoms with Gasteiger partial charge in [-0.2, -0.15) is 0 Å². The van der Waals surface area contributed by atoms with E-state index in [0.29, 0.717) is 6.54 Å². The highest BCUT2D eigenvalue weighted by molar-refractivity contribution is 9.10. The minimum atomic E-state index is -0.623. The first-order valence-corrected chi connectivity index (χ1v) is 7.16. The van der Waals surface area contributed by atoms with Gasteiger partial charge in [-0.3, -0.25) is 0 Å². The number of pyridine rings is 1. The molecule has 0 fully saturated rings. The topological polar surface area (TPSA) is 29.3 Å². The summed E-state index contributed by atoms with van der Waals surface area (Å²) in [6.07, 6.45) is 1.91. The molecule has 0 spiro atoms. The summed E-state index contributed by atoms with van der Waals surface area (Å²) in [5.41, 5.74) is 2.89. The molecular weight excluding hydrogens is 340 g/mol. The zero-order chi connectivity index (χ0) is 15.0. The normalized spacial score (nSPS) is 11.0. The molecule has 0 aliphatic rings. The van der Waals surface area contributed by atoms with Crippen LogP contribution in [0.5, 0.6) is 0 Å². The molecule has 0 saturated carbocycles. The van der Waals surface area contributed by atoms with Crippen LogP contribution in [0.2, 0.25) is 0 Å². The van der Waals surface area contributed by atoms with Crippen LogP contribution < -0.4 is 5.32 Å². The Hall–Kier alpha value is -1.95. The second kappa shape index (κ2) is 5.44. The Morgan fingerprint density at radius 3 is 2.86 bits per heavy atom. The maximum atomic E-state index is 13.7. The molecule has 21 heavy (non-hydrogen) atoms. The first kappa shape index (κ1) is 14.0. The maximum absolute atomic E-state index is 13.7. The number of hydrogen-bond acceptors (Lipinski definition) is 2. The molecule has 6 heteroatoms. The number of nitrogens with zero attached hydrogens (tertiary/aromatic N) is 2. The first-order chi connectivity index (χ1) is 10.1. The predicted octanol–water partition coefficient (Wildman–Crippen LogP) is 4.30. The van der Waals surface area contributed by atoms with Gasteiger partial charge in [-0.25, -0.2) is 13.8 Å². The third-order valence-corrected chi connectivity index (χ3v) is 3.89. The molecule has 3 aromatic rings. The summed E-state index contributed by atoms with van der Waals surface area (Å²) < 4.78 is 29.1. The van der Waals surface area contributed by atoms with Crippen LogP contribution in [-0.2, 0) is 6.54 Å². The Morgan fingerprint density at radius 1 is 1.24 bits per heavy atom. The SMILES string of the molecule is Cc1nc2ccccn2c1CNc1cc(Br)c(F)cc1F. The summed E-state index contributed by atoms with van der Waals surface area (Å²) in [7, 11) is 0. The number of halogens is 3. The lowest BCUT2D eigenvalue weighted by Crippen LogP contribution is -2.06. The third kappa shape index (κ3) is 2.63. The fourth-order valence-electron chi connectivity index (χ4n) is 2.21. The van der Waals surface area contributed by atoms with E-state index in [0.717, 1.165) is 23.1 Å². The van der Waals surface area contributed by atoms with E-state index in [1.165, 1.54) is 6.07 Å². The van der Waals surface area contributed by atoms with Crippen molar-refractivity contribution in [3.05, 3.63) is 64.0 Å². The summed E-state index contributed by atoms with van der Waals surface area (Å²) >= 11 is 3.05. The van der Waals surface area contributed by atoms with E-state index in [9.17, 15) is 8.78 Å². The number of benzene rings is 1. The number of anilines is 1. The average molecular weight is 352 g/mol. The molecule has 3 nitrogen and oxygen atoms in total. The number of nitrogens with one attached hydrogen (secondary N) is 1. The van der Waals surface area contributed by atoms with Gasteiger partial charge in [0.15, 0.2) is 0 Å². The smallest absolute Gasteiger partial charge is 0.149 e. The lowest BCUT2D eigenvalue weighted by Gasteiger charge is -2.09. The molecule has 2 aromatic heterocycles. The molecule has 108 valence electrons. The molecule has 1 aromatic carbocycles. The van der Waals surface area contributed by atoms with Gasteiger partial charge in [-0.05, 0) is 41.1 Å². The zero-order valence-electron chi connectivity index (χ0n) is 11.2. The van der Waals surface area contributed by atoms with Crippen LogP contribution >= 0.6 is 15.9 Å². The minimum absolute atomic E-state index is 0.223. The average Bonchev–Trinajstić information content (AvgIpc) is 2.77. The summed E-state index contributed by atoms with van der Waals surface area (Å²) in [4.78, 5) is 4.44. The first-order valence-electron chi connectivity index (χ1n) is 6.37. The van der Waals surface area contributed by atoms with Crippen LogP contribution in [-0.4, -0.2) is 9.38 Å². The van der Waals surface area contributed by atoms with Gasteiger partial charge in [0.2, 0.25) is 0 Å². The number of rotatable bonds is 3. The number of fused-ring (bicyclic) bond motifs is 1. The molecule has 1 N–H and O–H groups in total. The summed E-state index contributed by atoms with van der Waals surface area (Å²) in [5, 5.41) is 2.98. The van der Waals surface area contributed by atoms with Crippen molar-refractivity contribution >= 4 is 27.3 Å². The van der Waals surface area contributed by atoms with Crippen LogP contribution in [0.15, 0.2) is 41.0 Å². The Balaban J connectivity index is 1.90. The van der Waals surface area contributed by atoms with E-state index in [-0.39, 0.29) is 10.2 Å². The van der Waals surface area contributed by atoms with Gasteiger partial charge in [0.05, 0.1) is 28.1 Å². The third-order valence-electron chi connectivity index (χ3n) is 3.29. The maximum Gasteiger partial charge on any atom is 0.149 e. The number of aromatic nitrogens is 2. The van der Waals surface area contributed by atoms with Crippen LogP contribution in [0.4, 0.5) is 14.5 Å². The van der Waals surface area contributed by atoms with E-state index in [2.05, 4.69) is 26.2 Å². The summed E-state index contributed by atoms with van der Waals surface area (Å²) in [5.74, 6) is -1.24. The molecule has 0 aliphatic heterocycles. The van der Waals surface area contributed by atoms with Gasteiger partial charge in [-0.1, -0.05) is 6.07 Å². The fraction of sp³-hybridized carbons (Fsp3) is 0.133. The molecule has 3 rings (SSSR count). The summed E-state index contributed by atoms with van der Waals surface area (Å²) in [6, 6.07) is 7.98. The van der Waals surface area contributed by atoms with Crippen molar-refractivity contribution in [3.8, 4) is 0 Å². The Labute approximate surface area is 128 Å². The van der Waals surface area contributed by atoms with Gasteiger partial charge < -0.3 is 9.72 Å². The van der Waals surface area contributed by atoms with Gasteiger partial charge >= 0.3 is 0 Å². The van der Waals surface area contributed by atoms with Crippen molar-refractivity contribution in [2.24, 2.45) is 0 Å². The molecular formula is C15H12BrF2N3. The quantitative estimate of drug-likeness (QED) is 0.713. The lowest BCUT2D eigenvalue weighted by molar-refractivity contribution is 0.580. The lowest BCUT2D eigenvalue weighted by atomic mass is 10.2. The predicted molar refractivity (Wildman–Crippen MR) is 81.3 cm³/mol. The van der Waals surface area contributed by atoms with E-state index in [4.69, 9.17) is 0 Å². The van der Waals surface area contributed by atoms with Gasteiger partial charge in [0.25, 0.3) is 0 Å². The van der Waals surface area contributed by atoms with Crippen molar-refractivity contribution in [1.29, 1.82) is 0 Å². The number of hydrogen-bond donors (Lipinski definition) is 1. The molecule has 0 bridgehead atoms. The van der Waals surface area contributed by atoms with Gasteiger partial charge in [0.1, 0.15) is 17.3 Å². The van der Waals surface area contributed by atoms with Gasteiger partial charge in [-0.15, -0.1) is 0 Å². The van der Waals surface area contributed by atoms with Crippen LogP contribution in [0.25, 0.3) is 5.65 Å². The standard InChI is InChI=1S/C15H12BrF2N3/c1-9-14(21-5-3-2-4-15(21)20-9)8-19-13-6-10(16)11(17)7-12(13)18/h2-7,19H,8H2,1H3. The highest BCUT2D eigenvalue weighted by Crippen LogP contribution is 2.24. The fourth-order valence-corrected chi connectivity index (χ4v) is 2.56. The highest BCUT2D eigenvalue weighted by Gasteiger charge is 2.11. The Bertz CT molecular complexity index is 814. The van der Waals surface area contributed by atoms with Gasteiger partial charge in [0, 0.05) is 12.3 Å². The highest BCUT2D eigenvalue weighted by atomic mass is 79.9. The van der Waals surface area contributed by atoms with Crippen molar-refractivity contribution in [1.82, 2.24) is 9.38 Å². The number of aryl methyl sites for hydroxylation is 1. The van der Waals surface area contributed by atoms with Crippen molar-refractivity contribution in [2.75, 3.05) is 5.32 Å². The molecule has 0 saturated heterocycles. The van der Waals surface area contributed by atoms with E-state index < -0.39 is 11.6 Å². The second-order valence-corrected chi connectivity index (χ2v) is 5.53. The molecule has 0 amide bonds. The van der Waals surface area contributed by atoms with Crippen LogP contribution in [0, 0.1) is 18.6 Å². The second-order valence-electron chi connectivity index (χ2n) is 4.67. The largest absolute Gasteiger partial charge is 0.377 e. The Kier molecular flexibility index (Phi) is 3.63. The molecule has 0 aliphatic carbocycles. The van der Waals surface area contributed by atoms with Crippen LogP contribution in [0.3, 0.4) is 0 Å². The van der Waals surface area contributed by atoms with Crippen molar-refractivity contribution < 1.29 is 8.78 Å². The molecule has 0 unspecified atom stereocenters. The molecule has 0 atom stereocenters. The van der Waals surface area contributed by atoms with Crippen LogP contribution in [0.1, 0.15) is 11.4 Å².